The van der Waals surface area contributed by atoms with Crippen molar-refractivity contribution >= 4 is 22.0 Å². The molecule has 1 amide bonds. The van der Waals surface area contributed by atoms with Crippen molar-refractivity contribution in [3.05, 3.63) is 0 Å². The Kier molecular flexibility index (Phi) is 6.52. The molecule has 1 aliphatic rings. The quantitative estimate of drug-likeness (QED) is 0.261. The number of hydrogen-bond acceptors (Lipinski definition) is 6. The van der Waals surface area contributed by atoms with Crippen LogP contribution in [0.3, 0.4) is 0 Å². The van der Waals surface area contributed by atoms with E-state index in [2.05, 4.69) is 10.6 Å². The number of carboxylic acid groups (broad SMARTS) is 1. The molecule has 0 aliphatic carbocycles. The molecule has 0 aromatic carbocycles. The SMILES string of the molecule is NCCCC[C@H](NC(=O)[C@@H]1C[C@H](S(=O)(=O)O)CN1)C(=O)O. The van der Waals surface area contributed by atoms with E-state index in [-0.39, 0.29) is 19.4 Å². The zero-order chi connectivity index (χ0) is 16.0. The minimum absolute atomic E-state index is 0.0398. The summed E-state index contributed by atoms with van der Waals surface area (Å²) in [6, 6.07) is -1.86. The molecule has 1 saturated heterocycles. The van der Waals surface area contributed by atoms with Crippen LogP contribution in [0.4, 0.5) is 0 Å². The van der Waals surface area contributed by atoms with Crippen molar-refractivity contribution in [1.29, 1.82) is 0 Å². The van der Waals surface area contributed by atoms with E-state index in [0.717, 1.165) is 0 Å². The fourth-order valence-electron chi connectivity index (χ4n) is 2.15. The third-order valence-corrected chi connectivity index (χ3v) is 4.59. The summed E-state index contributed by atoms with van der Waals surface area (Å²) in [4.78, 5) is 23.0. The lowest BCUT2D eigenvalue weighted by Crippen LogP contribution is -2.48. The molecule has 3 atom stereocenters. The number of aliphatic carboxylic acids is 1. The highest BCUT2D eigenvalue weighted by Crippen LogP contribution is 2.14. The van der Waals surface area contributed by atoms with E-state index in [4.69, 9.17) is 15.4 Å². The molecule has 1 aliphatic heterocycles. The Hall–Kier alpha value is -1.23. The van der Waals surface area contributed by atoms with Crippen LogP contribution >= 0.6 is 0 Å². The van der Waals surface area contributed by atoms with Crippen molar-refractivity contribution in [2.45, 2.75) is 43.0 Å². The minimum atomic E-state index is -4.20. The van der Waals surface area contributed by atoms with Crippen LogP contribution in [0.2, 0.25) is 0 Å². The molecule has 1 rings (SSSR count). The highest BCUT2D eigenvalue weighted by atomic mass is 32.2. The van der Waals surface area contributed by atoms with Crippen molar-refractivity contribution < 1.29 is 27.7 Å². The molecule has 0 bridgehead atoms. The predicted molar refractivity (Wildman–Crippen MR) is 74.2 cm³/mol. The van der Waals surface area contributed by atoms with E-state index in [0.29, 0.717) is 19.4 Å². The van der Waals surface area contributed by atoms with Gasteiger partial charge < -0.3 is 21.5 Å². The number of nitrogens with one attached hydrogen (secondary N) is 2. The van der Waals surface area contributed by atoms with Crippen LogP contribution in [-0.2, 0) is 19.7 Å². The fourth-order valence-corrected chi connectivity index (χ4v) is 2.89. The average Bonchev–Trinajstić information content (AvgIpc) is 2.86. The summed E-state index contributed by atoms with van der Waals surface area (Å²) in [7, 11) is -4.20. The number of unbranched alkanes of at least 4 members (excludes halogenated alkanes) is 1. The Morgan fingerprint density at radius 3 is 2.52 bits per heavy atom. The molecule has 0 saturated carbocycles. The maximum absolute atomic E-state index is 11.9. The van der Waals surface area contributed by atoms with Crippen molar-refractivity contribution in [2.24, 2.45) is 5.73 Å². The molecule has 21 heavy (non-hydrogen) atoms. The standard InChI is InChI=1S/C11H21N3O6S/c12-4-2-1-3-8(11(16)17)14-10(15)9-5-7(6-13-9)21(18,19)20/h7-9,13H,1-6,12H2,(H,14,15)(H,16,17)(H,18,19,20)/t7-,8-,9-/m0/s1. The highest BCUT2D eigenvalue weighted by Gasteiger charge is 2.37. The lowest BCUT2D eigenvalue weighted by molar-refractivity contribution is -0.142. The van der Waals surface area contributed by atoms with Gasteiger partial charge in [-0.3, -0.25) is 9.35 Å². The van der Waals surface area contributed by atoms with Gasteiger partial charge in [0, 0.05) is 6.54 Å². The summed E-state index contributed by atoms with van der Waals surface area (Å²) < 4.78 is 30.9. The molecule has 0 aromatic heterocycles. The topological polar surface area (TPSA) is 159 Å². The van der Waals surface area contributed by atoms with Gasteiger partial charge >= 0.3 is 5.97 Å². The van der Waals surface area contributed by atoms with E-state index in [1.165, 1.54) is 0 Å². The van der Waals surface area contributed by atoms with Gasteiger partial charge in [0.05, 0.1) is 6.04 Å². The van der Waals surface area contributed by atoms with E-state index in [1.54, 1.807) is 0 Å². The highest BCUT2D eigenvalue weighted by molar-refractivity contribution is 7.86. The van der Waals surface area contributed by atoms with Crippen molar-refractivity contribution in [3.8, 4) is 0 Å². The third-order valence-electron chi connectivity index (χ3n) is 3.39. The van der Waals surface area contributed by atoms with Crippen molar-refractivity contribution in [3.63, 3.8) is 0 Å². The van der Waals surface area contributed by atoms with Gasteiger partial charge in [0.1, 0.15) is 11.3 Å². The second-order valence-corrected chi connectivity index (χ2v) is 6.71. The van der Waals surface area contributed by atoms with Crippen LogP contribution in [-0.4, -0.2) is 60.4 Å². The van der Waals surface area contributed by atoms with Gasteiger partial charge in [0.25, 0.3) is 10.1 Å². The van der Waals surface area contributed by atoms with E-state index in [1.807, 2.05) is 0 Å². The molecule has 0 aromatic rings. The van der Waals surface area contributed by atoms with Crippen LogP contribution < -0.4 is 16.4 Å². The van der Waals surface area contributed by atoms with Crippen LogP contribution in [0, 0.1) is 0 Å². The Labute approximate surface area is 123 Å². The first kappa shape index (κ1) is 17.8. The number of rotatable bonds is 8. The van der Waals surface area contributed by atoms with Crippen molar-refractivity contribution in [1.82, 2.24) is 10.6 Å². The van der Waals surface area contributed by atoms with Gasteiger partial charge in [-0.15, -0.1) is 0 Å². The number of carboxylic acids is 1. The Balaban J connectivity index is 2.53. The molecular weight excluding hydrogens is 302 g/mol. The van der Waals surface area contributed by atoms with Gasteiger partial charge in [0.15, 0.2) is 0 Å². The smallest absolute Gasteiger partial charge is 0.326 e. The summed E-state index contributed by atoms with van der Waals surface area (Å²) in [6.45, 7) is 0.405. The van der Waals surface area contributed by atoms with Crippen LogP contribution in [0.25, 0.3) is 0 Å². The first-order valence-corrected chi connectivity index (χ1v) is 8.19. The summed E-state index contributed by atoms with van der Waals surface area (Å²) in [6.07, 6.45) is 1.40. The molecule has 1 fully saturated rings. The molecule has 0 radical (unpaired) electrons. The van der Waals surface area contributed by atoms with E-state index >= 15 is 0 Å². The van der Waals surface area contributed by atoms with Crippen LogP contribution in [0.1, 0.15) is 25.7 Å². The maximum Gasteiger partial charge on any atom is 0.326 e. The number of amides is 1. The lowest BCUT2D eigenvalue weighted by Gasteiger charge is -2.17. The zero-order valence-corrected chi connectivity index (χ0v) is 12.3. The first-order chi connectivity index (χ1) is 9.75. The van der Waals surface area contributed by atoms with Gasteiger partial charge in [-0.2, -0.15) is 8.42 Å². The number of carbonyl (C=O) groups is 2. The summed E-state index contributed by atoms with van der Waals surface area (Å²) in [5, 5.41) is 13.0. The largest absolute Gasteiger partial charge is 0.480 e. The fraction of sp³-hybridized carbons (Fsp3) is 0.818. The molecule has 0 unspecified atom stereocenters. The first-order valence-electron chi connectivity index (χ1n) is 6.68. The molecular formula is C11H21N3O6S. The Morgan fingerprint density at radius 2 is 2.05 bits per heavy atom. The number of nitrogens with two attached hydrogens (primary N) is 1. The normalized spacial score (nSPS) is 23.7. The van der Waals surface area contributed by atoms with Gasteiger partial charge in [-0.1, -0.05) is 0 Å². The number of hydrogen-bond donors (Lipinski definition) is 5. The van der Waals surface area contributed by atoms with Gasteiger partial charge in [-0.05, 0) is 32.2 Å². The Bertz CT molecular complexity index is 480. The maximum atomic E-state index is 11.9. The summed E-state index contributed by atoms with van der Waals surface area (Å²) in [5.41, 5.74) is 5.32. The molecule has 1 heterocycles. The summed E-state index contributed by atoms with van der Waals surface area (Å²) >= 11 is 0. The van der Waals surface area contributed by atoms with Crippen LogP contribution in [0.15, 0.2) is 0 Å². The van der Waals surface area contributed by atoms with E-state index in [9.17, 15) is 18.0 Å². The monoisotopic (exact) mass is 323 g/mol. The van der Waals surface area contributed by atoms with Gasteiger partial charge in [0.2, 0.25) is 5.91 Å². The molecule has 0 spiro atoms. The van der Waals surface area contributed by atoms with Gasteiger partial charge in [-0.25, -0.2) is 4.79 Å². The zero-order valence-electron chi connectivity index (χ0n) is 11.5. The third kappa shape index (κ3) is 5.58. The van der Waals surface area contributed by atoms with E-state index < -0.39 is 39.3 Å². The van der Waals surface area contributed by atoms with Crippen LogP contribution in [0.5, 0.6) is 0 Å². The average molecular weight is 323 g/mol. The minimum Gasteiger partial charge on any atom is -0.480 e. The molecule has 6 N–H and O–H groups in total. The second-order valence-electron chi connectivity index (χ2n) is 5.02. The Morgan fingerprint density at radius 1 is 1.38 bits per heavy atom. The second kappa shape index (κ2) is 7.69. The predicted octanol–water partition coefficient (Wildman–Crippen LogP) is -1.70. The molecule has 122 valence electrons. The number of carbonyl (C=O) groups excluding carboxylic acids is 1. The molecule has 10 heteroatoms. The lowest BCUT2D eigenvalue weighted by atomic mass is 10.1. The summed E-state index contributed by atoms with van der Waals surface area (Å²) in [5.74, 6) is -1.73. The van der Waals surface area contributed by atoms with Crippen molar-refractivity contribution in [2.75, 3.05) is 13.1 Å². The molecule has 9 nitrogen and oxygen atoms in total.